The lowest BCUT2D eigenvalue weighted by atomic mass is 10.1. The van der Waals surface area contributed by atoms with E-state index in [1.807, 2.05) is 51.1 Å². The number of nitrogens with one attached hydrogen (secondary N) is 2. The normalized spacial score (nSPS) is 15.6. The van der Waals surface area contributed by atoms with Crippen LogP contribution in [0.5, 0.6) is 5.75 Å². The lowest BCUT2D eigenvalue weighted by Gasteiger charge is -2.38. The summed E-state index contributed by atoms with van der Waals surface area (Å²) in [5.41, 5.74) is 3.80. The molecule has 29 heavy (non-hydrogen) atoms. The molecule has 0 spiro atoms. The van der Waals surface area contributed by atoms with Crippen LogP contribution in [0, 0.1) is 13.8 Å². The Morgan fingerprint density at radius 1 is 1.00 bits per heavy atom. The highest BCUT2D eigenvalue weighted by Crippen LogP contribution is 2.20. The molecule has 1 fully saturated rings. The molecule has 1 saturated heterocycles. The fourth-order valence-electron chi connectivity index (χ4n) is 3.52. The third-order valence-electron chi connectivity index (χ3n) is 5.32. The second-order valence-corrected chi connectivity index (χ2v) is 7.48. The van der Waals surface area contributed by atoms with E-state index in [0.29, 0.717) is 18.8 Å². The number of amides is 3. The number of carbonyl (C=O) groups excluding carboxylic acids is 2. The lowest BCUT2D eigenvalue weighted by Crippen LogP contribution is -2.55. The minimum absolute atomic E-state index is 0.247. The number of piperazine rings is 1. The molecule has 1 unspecified atom stereocenters. The summed E-state index contributed by atoms with van der Waals surface area (Å²) in [4.78, 5) is 29.0. The van der Waals surface area contributed by atoms with Crippen LogP contribution in [0.25, 0.3) is 0 Å². The number of benzene rings is 2. The van der Waals surface area contributed by atoms with Crippen molar-refractivity contribution < 1.29 is 14.7 Å². The van der Waals surface area contributed by atoms with Crippen molar-refractivity contribution in [1.82, 2.24) is 10.2 Å². The fourth-order valence-corrected chi connectivity index (χ4v) is 3.52. The number of hydrogen-bond donors (Lipinski definition) is 3. The van der Waals surface area contributed by atoms with Crippen molar-refractivity contribution in [1.29, 1.82) is 0 Å². The smallest absolute Gasteiger partial charge is 0.325 e. The first-order valence-corrected chi connectivity index (χ1v) is 9.80. The highest BCUT2D eigenvalue weighted by molar-refractivity contribution is 6.03. The van der Waals surface area contributed by atoms with Crippen molar-refractivity contribution in [3.8, 4) is 5.75 Å². The van der Waals surface area contributed by atoms with E-state index in [4.69, 9.17) is 0 Å². The molecular formula is C22H28N4O3. The van der Waals surface area contributed by atoms with Gasteiger partial charge in [0.2, 0.25) is 5.91 Å². The molecular weight excluding hydrogens is 368 g/mol. The summed E-state index contributed by atoms with van der Waals surface area (Å²) >= 11 is 0. The SMILES string of the molecule is Cc1ccc(NC(=O)NC(=O)C(C)N2CCN(c3ccc(O)cc3)CC2)c(C)c1. The number of imide groups is 1. The Morgan fingerprint density at radius 3 is 2.28 bits per heavy atom. The maximum atomic E-state index is 12.5. The van der Waals surface area contributed by atoms with Gasteiger partial charge < -0.3 is 15.3 Å². The van der Waals surface area contributed by atoms with Gasteiger partial charge in [0.1, 0.15) is 5.75 Å². The molecule has 154 valence electrons. The number of phenolic OH excluding ortho intramolecular Hbond substituents is 1. The van der Waals surface area contributed by atoms with E-state index in [-0.39, 0.29) is 11.7 Å². The molecule has 1 aliphatic heterocycles. The number of carbonyl (C=O) groups is 2. The van der Waals surface area contributed by atoms with E-state index in [9.17, 15) is 14.7 Å². The van der Waals surface area contributed by atoms with Crippen LogP contribution < -0.4 is 15.5 Å². The average molecular weight is 396 g/mol. The molecule has 1 aliphatic rings. The van der Waals surface area contributed by atoms with E-state index >= 15 is 0 Å². The van der Waals surface area contributed by atoms with Crippen molar-refractivity contribution in [2.75, 3.05) is 36.4 Å². The number of rotatable bonds is 4. The summed E-state index contributed by atoms with van der Waals surface area (Å²) in [5.74, 6) is -0.0675. The lowest BCUT2D eigenvalue weighted by molar-refractivity contribution is -0.124. The topological polar surface area (TPSA) is 84.9 Å². The van der Waals surface area contributed by atoms with E-state index in [1.54, 1.807) is 12.1 Å². The molecule has 2 aromatic rings. The number of phenols is 1. The van der Waals surface area contributed by atoms with E-state index < -0.39 is 12.1 Å². The zero-order valence-corrected chi connectivity index (χ0v) is 17.1. The minimum atomic E-state index is -0.517. The maximum Gasteiger partial charge on any atom is 0.325 e. The largest absolute Gasteiger partial charge is 0.508 e. The number of aryl methyl sites for hydroxylation is 2. The molecule has 1 heterocycles. The molecule has 1 atom stereocenters. The highest BCUT2D eigenvalue weighted by Gasteiger charge is 2.26. The van der Waals surface area contributed by atoms with Crippen molar-refractivity contribution >= 4 is 23.3 Å². The van der Waals surface area contributed by atoms with Crippen molar-refractivity contribution in [2.45, 2.75) is 26.8 Å². The number of anilines is 2. The summed E-state index contributed by atoms with van der Waals surface area (Å²) in [7, 11) is 0. The monoisotopic (exact) mass is 396 g/mol. The fraction of sp³-hybridized carbons (Fsp3) is 0.364. The number of urea groups is 1. The first-order valence-electron chi connectivity index (χ1n) is 9.80. The predicted octanol–water partition coefficient (Wildman–Crippen LogP) is 2.87. The molecule has 3 N–H and O–H groups in total. The van der Waals surface area contributed by atoms with Gasteiger partial charge in [0.25, 0.3) is 0 Å². The van der Waals surface area contributed by atoms with Crippen LogP contribution in [0.3, 0.4) is 0 Å². The van der Waals surface area contributed by atoms with Crippen molar-refractivity contribution in [3.05, 3.63) is 53.6 Å². The average Bonchev–Trinajstić information content (AvgIpc) is 2.70. The molecule has 0 aliphatic carbocycles. The Labute approximate surface area is 171 Å². The molecule has 7 heteroatoms. The Hall–Kier alpha value is -3.06. The Balaban J connectivity index is 1.50. The molecule has 3 amide bonds. The molecule has 2 aromatic carbocycles. The second-order valence-electron chi connectivity index (χ2n) is 7.48. The predicted molar refractivity (Wildman–Crippen MR) is 114 cm³/mol. The molecule has 3 rings (SSSR count). The molecule has 0 bridgehead atoms. The molecule has 7 nitrogen and oxygen atoms in total. The Kier molecular flexibility index (Phi) is 6.39. The van der Waals surface area contributed by atoms with Gasteiger partial charge in [-0.2, -0.15) is 0 Å². The van der Waals surface area contributed by atoms with Gasteiger partial charge in [0.05, 0.1) is 6.04 Å². The van der Waals surface area contributed by atoms with E-state index in [2.05, 4.69) is 20.4 Å². The maximum absolute atomic E-state index is 12.5. The van der Waals surface area contributed by atoms with Gasteiger partial charge in [-0.3, -0.25) is 15.0 Å². The van der Waals surface area contributed by atoms with Gasteiger partial charge in [0, 0.05) is 37.6 Å². The zero-order chi connectivity index (χ0) is 21.0. The Morgan fingerprint density at radius 2 is 1.66 bits per heavy atom. The number of hydrogen-bond acceptors (Lipinski definition) is 5. The number of aromatic hydroxyl groups is 1. The van der Waals surface area contributed by atoms with Gasteiger partial charge in [-0.05, 0) is 56.7 Å². The second kappa shape index (κ2) is 8.96. The third-order valence-corrected chi connectivity index (χ3v) is 5.32. The summed E-state index contributed by atoms with van der Waals surface area (Å²) in [6, 6.07) is 11.9. The van der Waals surface area contributed by atoms with Crippen molar-refractivity contribution in [2.24, 2.45) is 0 Å². The quantitative estimate of drug-likeness (QED) is 0.740. The minimum Gasteiger partial charge on any atom is -0.508 e. The van der Waals surface area contributed by atoms with Gasteiger partial charge in [-0.25, -0.2) is 4.79 Å². The van der Waals surface area contributed by atoms with Crippen LogP contribution in [0.1, 0.15) is 18.1 Å². The van der Waals surface area contributed by atoms with Gasteiger partial charge in [-0.15, -0.1) is 0 Å². The van der Waals surface area contributed by atoms with Crippen LogP contribution in [0.2, 0.25) is 0 Å². The zero-order valence-electron chi connectivity index (χ0n) is 17.1. The highest BCUT2D eigenvalue weighted by atomic mass is 16.3. The van der Waals surface area contributed by atoms with Crippen LogP contribution in [-0.2, 0) is 4.79 Å². The third kappa shape index (κ3) is 5.26. The van der Waals surface area contributed by atoms with E-state index in [0.717, 1.165) is 29.9 Å². The van der Waals surface area contributed by atoms with Gasteiger partial charge in [-0.1, -0.05) is 17.7 Å². The summed E-state index contributed by atoms with van der Waals surface area (Å²) in [5, 5.41) is 14.6. The summed E-state index contributed by atoms with van der Waals surface area (Å²) < 4.78 is 0. The molecule has 0 radical (unpaired) electrons. The first kappa shape index (κ1) is 20.7. The van der Waals surface area contributed by atoms with E-state index in [1.165, 1.54) is 0 Å². The van der Waals surface area contributed by atoms with Crippen LogP contribution >= 0.6 is 0 Å². The van der Waals surface area contributed by atoms with Crippen LogP contribution in [0.15, 0.2) is 42.5 Å². The molecule has 0 saturated carbocycles. The standard InChI is InChI=1S/C22H28N4O3/c1-15-4-9-20(16(2)14-15)23-22(29)24-21(28)17(3)25-10-12-26(13-11-25)18-5-7-19(27)8-6-18/h4-9,14,17,27H,10-13H2,1-3H3,(H2,23,24,28,29). The first-order chi connectivity index (χ1) is 13.8. The number of nitrogens with zero attached hydrogens (tertiary/aromatic N) is 2. The van der Waals surface area contributed by atoms with Crippen molar-refractivity contribution in [3.63, 3.8) is 0 Å². The Bertz CT molecular complexity index is 874. The van der Waals surface area contributed by atoms with Gasteiger partial charge in [0.15, 0.2) is 0 Å². The van der Waals surface area contributed by atoms with Crippen LogP contribution in [-0.4, -0.2) is 54.2 Å². The van der Waals surface area contributed by atoms with Crippen LogP contribution in [0.4, 0.5) is 16.2 Å². The summed E-state index contributed by atoms with van der Waals surface area (Å²) in [6.45, 7) is 8.71. The van der Waals surface area contributed by atoms with Gasteiger partial charge >= 0.3 is 6.03 Å². The molecule has 0 aromatic heterocycles. The summed E-state index contributed by atoms with van der Waals surface area (Å²) in [6.07, 6.45) is 0.